The van der Waals surface area contributed by atoms with Crippen LogP contribution in [0.25, 0.3) is 11.3 Å². The maximum atomic E-state index is 12.9. The first-order valence-corrected chi connectivity index (χ1v) is 9.52. The lowest BCUT2D eigenvalue weighted by atomic mass is 10.1. The van der Waals surface area contributed by atoms with Crippen molar-refractivity contribution in [2.75, 3.05) is 13.1 Å². The quantitative estimate of drug-likeness (QED) is 0.755. The predicted molar refractivity (Wildman–Crippen MR) is 102 cm³/mol. The molecule has 1 saturated heterocycles. The number of nitrogens with zero attached hydrogens (tertiary/aromatic N) is 5. The van der Waals surface area contributed by atoms with Gasteiger partial charge in [-0.15, -0.1) is 10.2 Å². The van der Waals surface area contributed by atoms with Gasteiger partial charge in [0.25, 0.3) is 5.91 Å². The van der Waals surface area contributed by atoms with Crippen molar-refractivity contribution in [1.82, 2.24) is 29.9 Å². The fourth-order valence-corrected chi connectivity index (χ4v) is 3.64. The Bertz CT molecular complexity index is 926. The Morgan fingerprint density at radius 2 is 2.04 bits per heavy atom. The number of carbonyl (C=O) groups is 1. The number of carbonyl (C=O) groups excluding carboxylic acids is 1. The molecule has 7 heteroatoms. The number of aromatic amines is 1. The zero-order valence-electron chi connectivity index (χ0n) is 15.7. The van der Waals surface area contributed by atoms with Crippen molar-refractivity contribution in [3.05, 3.63) is 53.7 Å². The van der Waals surface area contributed by atoms with Gasteiger partial charge in [0.1, 0.15) is 17.8 Å². The van der Waals surface area contributed by atoms with E-state index in [0.717, 1.165) is 42.9 Å². The lowest BCUT2D eigenvalue weighted by Gasteiger charge is -2.16. The number of aromatic nitrogens is 5. The lowest BCUT2D eigenvalue weighted by Crippen LogP contribution is -2.29. The summed E-state index contributed by atoms with van der Waals surface area (Å²) in [5, 5.41) is 15.4. The molecule has 1 N–H and O–H groups in total. The van der Waals surface area contributed by atoms with Crippen LogP contribution in [0.15, 0.2) is 36.7 Å². The van der Waals surface area contributed by atoms with Crippen molar-refractivity contribution in [3.8, 4) is 11.3 Å². The Kier molecular flexibility index (Phi) is 4.75. The van der Waals surface area contributed by atoms with E-state index in [1.165, 1.54) is 5.56 Å². The van der Waals surface area contributed by atoms with Crippen LogP contribution in [-0.2, 0) is 12.8 Å². The van der Waals surface area contributed by atoms with Crippen molar-refractivity contribution in [2.24, 2.45) is 0 Å². The number of amides is 1. The van der Waals surface area contributed by atoms with E-state index >= 15 is 0 Å². The highest BCUT2D eigenvalue weighted by molar-refractivity contribution is 5.93. The van der Waals surface area contributed by atoms with Gasteiger partial charge in [-0.25, -0.2) is 0 Å². The molecule has 0 aliphatic carbocycles. The Morgan fingerprint density at radius 1 is 1.22 bits per heavy atom. The average Bonchev–Trinajstić information content (AvgIpc) is 3.47. The first kappa shape index (κ1) is 17.5. The zero-order valence-corrected chi connectivity index (χ0v) is 15.7. The Balaban J connectivity index is 1.46. The summed E-state index contributed by atoms with van der Waals surface area (Å²) in [4.78, 5) is 14.8. The molecule has 0 spiro atoms. The summed E-state index contributed by atoms with van der Waals surface area (Å²) in [5.74, 6) is 0.959. The molecule has 1 aliphatic heterocycles. The number of aryl methyl sites for hydroxylation is 2. The maximum Gasteiger partial charge on any atom is 0.271 e. The molecule has 0 radical (unpaired) electrons. The van der Waals surface area contributed by atoms with Gasteiger partial charge >= 0.3 is 0 Å². The summed E-state index contributed by atoms with van der Waals surface area (Å²) < 4.78 is 2.10. The van der Waals surface area contributed by atoms with E-state index in [9.17, 15) is 4.79 Å². The van der Waals surface area contributed by atoms with Crippen LogP contribution in [0.3, 0.4) is 0 Å². The highest BCUT2D eigenvalue weighted by Gasteiger charge is 2.30. The third-order valence-corrected chi connectivity index (χ3v) is 5.27. The molecule has 1 aliphatic rings. The molecule has 1 fully saturated rings. The minimum atomic E-state index is -0.00690. The number of nitrogens with one attached hydrogen (secondary N) is 1. The second-order valence-electron chi connectivity index (χ2n) is 6.92. The standard InChI is InChI=1S/C20H24N6O/c1-3-14-5-7-15(8-6-14)17-11-18(23-22-17)20(27)25-10-9-16(12-25)26-13-21-24-19(26)4-2/h5-8,11,13,16H,3-4,9-10,12H2,1-2H3,(H,22,23). The van der Waals surface area contributed by atoms with Crippen molar-refractivity contribution in [2.45, 2.75) is 39.2 Å². The molecule has 3 heterocycles. The van der Waals surface area contributed by atoms with E-state index in [4.69, 9.17) is 0 Å². The molecule has 2 aromatic heterocycles. The van der Waals surface area contributed by atoms with Crippen molar-refractivity contribution < 1.29 is 4.79 Å². The Labute approximate surface area is 158 Å². The van der Waals surface area contributed by atoms with E-state index in [1.54, 1.807) is 6.33 Å². The van der Waals surface area contributed by atoms with Gasteiger partial charge in [-0.05, 0) is 24.5 Å². The van der Waals surface area contributed by atoms with Crippen molar-refractivity contribution in [1.29, 1.82) is 0 Å². The number of H-pyrrole nitrogens is 1. The fourth-order valence-electron chi connectivity index (χ4n) is 3.64. The first-order valence-electron chi connectivity index (χ1n) is 9.52. The minimum Gasteiger partial charge on any atom is -0.335 e. The number of benzene rings is 1. The topological polar surface area (TPSA) is 79.7 Å². The molecule has 4 rings (SSSR count). The first-order chi connectivity index (χ1) is 13.2. The van der Waals surface area contributed by atoms with Crippen molar-refractivity contribution in [3.63, 3.8) is 0 Å². The van der Waals surface area contributed by atoms with E-state index < -0.39 is 0 Å². The normalized spacial score (nSPS) is 16.8. The van der Waals surface area contributed by atoms with Crippen LogP contribution in [0, 0.1) is 0 Å². The monoisotopic (exact) mass is 364 g/mol. The summed E-state index contributed by atoms with van der Waals surface area (Å²) in [5.41, 5.74) is 3.63. The van der Waals surface area contributed by atoms with E-state index in [1.807, 2.05) is 23.1 Å². The SMILES string of the molecule is CCc1ccc(-c2cc(C(=O)N3CCC(n4cnnc4CC)C3)[nH]n2)cc1. The Hall–Kier alpha value is -2.96. The summed E-state index contributed by atoms with van der Waals surface area (Å²) >= 11 is 0. The van der Waals surface area contributed by atoms with Crippen LogP contribution in [-0.4, -0.2) is 48.9 Å². The molecule has 3 aromatic rings. The van der Waals surface area contributed by atoms with E-state index in [-0.39, 0.29) is 11.9 Å². The van der Waals surface area contributed by atoms with Gasteiger partial charge < -0.3 is 9.47 Å². The fraction of sp³-hybridized carbons (Fsp3) is 0.400. The molecule has 7 nitrogen and oxygen atoms in total. The van der Waals surface area contributed by atoms with Gasteiger partial charge in [0.15, 0.2) is 0 Å². The van der Waals surface area contributed by atoms with Crippen molar-refractivity contribution >= 4 is 5.91 Å². The molecular weight excluding hydrogens is 340 g/mol. The minimum absolute atomic E-state index is 0.00690. The highest BCUT2D eigenvalue weighted by Crippen LogP contribution is 2.25. The second-order valence-corrected chi connectivity index (χ2v) is 6.92. The molecule has 0 bridgehead atoms. The lowest BCUT2D eigenvalue weighted by molar-refractivity contribution is 0.0781. The predicted octanol–water partition coefficient (Wildman–Crippen LogP) is 2.88. The summed E-state index contributed by atoms with van der Waals surface area (Å²) in [6, 6.07) is 10.4. The maximum absolute atomic E-state index is 12.9. The van der Waals surface area contributed by atoms with Crippen LogP contribution in [0.5, 0.6) is 0 Å². The van der Waals surface area contributed by atoms with Gasteiger partial charge in [0.2, 0.25) is 0 Å². The van der Waals surface area contributed by atoms with Crippen LogP contribution >= 0.6 is 0 Å². The molecule has 1 amide bonds. The third kappa shape index (κ3) is 3.37. The summed E-state index contributed by atoms with van der Waals surface area (Å²) in [7, 11) is 0. The van der Waals surface area contributed by atoms with Gasteiger partial charge in [0, 0.05) is 25.1 Å². The van der Waals surface area contributed by atoms with Gasteiger partial charge in [-0.2, -0.15) is 5.10 Å². The van der Waals surface area contributed by atoms with Gasteiger partial charge in [-0.3, -0.25) is 9.89 Å². The van der Waals surface area contributed by atoms with Gasteiger partial charge in [-0.1, -0.05) is 38.1 Å². The molecule has 1 unspecified atom stereocenters. The van der Waals surface area contributed by atoms with Crippen LogP contribution < -0.4 is 0 Å². The van der Waals surface area contributed by atoms with Crippen LogP contribution in [0.1, 0.15) is 48.2 Å². The van der Waals surface area contributed by atoms with E-state index in [0.29, 0.717) is 12.2 Å². The number of likely N-dealkylation sites (tertiary alicyclic amines) is 1. The summed E-state index contributed by atoms with van der Waals surface area (Å²) in [6.45, 7) is 5.60. The summed E-state index contributed by atoms with van der Waals surface area (Å²) in [6.07, 6.45) is 4.53. The molecular formula is C20H24N6O. The smallest absolute Gasteiger partial charge is 0.271 e. The average molecular weight is 364 g/mol. The molecule has 1 atom stereocenters. The molecule has 140 valence electrons. The number of hydrogen-bond acceptors (Lipinski definition) is 4. The number of rotatable bonds is 5. The third-order valence-electron chi connectivity index (χ3n) is 5.27. The zero-order chi connectivity index (χ0) is 18.8. The van der Waals surface area contributed by atoms with Gasteiger partial charge in [0.05, 0.1) is 11.7 Å². The highest BCUT2D eigenvalue weighted by atomic mass is 16.2. The van der Waals surface area contributed by atoms with Crippen LogP contribution in [0.2, 0.25) is 0 Å². The number of hydrogen-bond donors (Lipinski definition) is 1. The molecule has 1 aromatic carbocycles. The molecule has 0 saturated carbocycles. The van der Waals surface area contributed by atoms with E-state index in [2.05, 4.69) is 50.9 Å². The molecule has 27 heavy (non-hydrogen) atoms. The Morgan fingerprint density at radius 3 is 2.78 bits per heavy atom. The van der Waals surface area contributed by atoms with Crippen LogP contribution in [0.4, 0.5) is 0 Å². The largest absolute Gasteiger partial charge is 0.335 e. The second kappa shape index (κ2) is 7.34.